The number of rotatable bonds is 33. The van der Waals surface area contributed by atoms with Crippen molar-refractivity contribution < 1.29 is 58.4 Å². The predicted molar refractivity (Wildman–Crippen MR) is 259 cm³/mol. The number of guanidine groups is 1. The molecule has 0 aromatic rings. The molecule has 0 spiro atoms. The van der Waals surface area contributed by atoms with E-state index in [4.69, 9.17) is 49.6 Å². The molecular formula is C43H82N16O12. The van der Waals surface area contributed by atoms with Gasteiger partial charge in [-0.15, -0.1) is 0 Å². The number of hydrogen-bond donors (Lipinski definition) is 18. The maximum atomic E-state index is 13.1. The van der Waals surface area contributed by atoms with E-state index in [2.05, 4.69) is 47.5 Å². The number of ether oxygens (including phenoxy) is 2. The van der Waals surface area contributed by atoms with Crippen LogP contribution in [0.3, 0.4) is 0 Å². The highest BCUT2D eigenvalue weighted by atomic mass is 16.6. The molecule has 3 aliphatic rings. The van der Waals surface area contributed by atoms with Crippen LogP contribution in [-0.4, -0.2) is 188 Å². The zero-order valence-electron chi connectivity index (χ0n) is 40.6. The largest absolute Gasteiger partial charge is 0.447 e. The third-order valence-corrected chi connectivity index (χ3v) is 12.1. The highest BCUT2D eigenvalue weighted by molar-refractivity contribution is 5.93. The molecule has 0 aromatic carbocycles. The van der Waals surface area contributed by atoms with Crippen molar-refractivity contribution in [3.8, 4) is 0 Å². The number of nitrogens with one attached hydrogen (secondary N) is 8. The molecule has 0 radical (unpaired) electrons. The van der Waals surface area contributed by atoms with Gasteiger partial charge in [0.15, 0.2) is 18.2 Å². The number of carbonyl (C=O) groups excluding carboxylic acids is 7. The van der Waals surface area contributed by atoms with E-state index in [0.29, 0.717) is 84.0 Å². The number of piperidine rings is 1. The third-order valence-electron chi connectivity index (χ3n) is 12.1. The van der Waals surface area contributed by atoms with Crippen LogP contribution in [0.1, 0.15) is 96.3 Å². The molecule has 2 saturated heterocycles. The summed E-state index contributed by atoms with van der Waals surface area (Å²) < 4.78 is 10.6. The molecule has 0 saturated carbocycles. The van der Waals surface area contributed by atoms with Gasteiger partial charge >= 0.3 is 6.09 Å². The molecule has 2 fully saturated rings. The number of aliphatic imine (C=N–C) groups is 1. The highest BCUT2D eigenvalue weighted by Gasteiger charge is 2.48. The van der Waals surface area contributed by atoms with Crippen LogP contribution in [0, 0.1) is 0 Å². The fraction of sp³-hybridized carbons (Fsp3) is 0.814. The number of fused-ring (bicyclic) bond motifs is 1. The minimum absolute atomic E-state index is 0.00440. The molecule has 0 unspecified atom stereocenters. The monoisotopic (exact) mass is 1010 g/mol. The lowest BCUT2D eigenvalue weighted by Crippen LogP contribution is -2.69. The van der Waals surface area contributed by atoms with Gasteiger partial charge in [-0.2, -0.15) is 0 Å². The Morgan fingerprint density at radius 3 is 1.49 bits per heavy atom. The first-order chi connectivity index (χ1) is 33.8. The summed E-state index contributed by atoms with van der Waals surface area (Å²) in [6.45, 7) is 1.48. The minimum atomic E-state index is -1.65. The minimum Gasteiger partial charge on any atom is -0.447 e. The Morgan fingerprint density at radius 1 is 0.662 bits per heavy atom. The normalized spacial score (nSPS) is 24.8. The molecular weight excluding hydrogens is 933 g/mol. The van der Waals surface area contributed by atoms with Crippen LogP contribution in [-0.2, 0) is 38.2 Å². The van der Waals surface area contributed by atoms with Crippen molar-refractivity contribution in [2.75, 3.05) is 45.9 Å². The summed E-state index contributed by atoms with van der Waals surface area (Å²) >= 11 is 0. The first kappa shape index (κ1) is 60.3. The molecule has 0 bridgehead atoms. The lowest BCUT2D eigenvalue weighted by Gasteiger charge is -2.43. The summed E-state index contributed by atoms with van der Waals surface area (Å²) in [7, 11) is 0. The van der Waals surface area contributed by atoms with E-state index in [1.54, 1.807) is 0 Å². The van der Waals surface area contributed by atoms with Crippen LogP contribution in [0.25, 0.3) is 0 Å². The van der Waals surface area contributed by atoms with Crippen molar-refractivity contribution in [3.63, 3.8) is 0 Å². The zero-order chi connectivity index (χ0) is 52.5. The number of carbonyl (C=O) groups is 7. The summed E-state index contributed by atoms with van der Waals surface area (Å²) in [4.78, 5) is 90.2. The molecule has 25 N–H and O–H groups in total. The van der Waals surface area contributed by atoms with Crippen LogP contribution in [0.15, 0.2) is 4.99 Å². The number of β-amino-alcohol motifs (C(OH)–C–C–N with tert-alkyl or cyclic N) is 1. The SMILES string of the molecule is NCCC[C@H](N)CC(=O)NCCC[C@H](N)CC(=O)NCCC[C@H](N)CC(=O)NCCC[C@H](N)CC(=O)NCCC[C@H](N)CC(=O)N[C@@H]1[C@H](O)[C@@H](O)[C@@H](COC(N)=O)O[C@H]1NC1=N[C@@H]2C(=O)NC[C@H](O)[C@@H]2N1. The summed E-state index contributed by atoms with van der Waals surface area (Å²) in [5.41, 5.74) is 41.0. The second-order valence-electron chi connectivity index (χ2n) is 18.6. The van der Waals surface area contributed by atoms with Crippen LogP contribution in [0.2, 0.25) is 0 Å². The number of aliphatic hydroxyl groups is 3. The summed E-state index contributed by atoms with van der Waals surface area (Å²) in [6, 6.07) is -5.09. The van der Waals surface area contributed by atoms with Gasteiger partial charge in [-0.3, -0.25) is 28.8 Å². The van der Waals surface area contributed by atoms with Gasteiger partial charge in [0.1, 0.15) is 31.0 Å². The number of amides is 7. The van der Waals surface area contributed by atoms with Gasteiger partial charge in [0.25, 0.3) is 0 Å². The maximum absolute atomic E-state index is 13.1. The van der Waals surface area contributed by atoms with Crippen LogP contribution >= 0.6 is 0 Å². The van der Waals surface area contributed by atoms with Gasteiger partial charge in [0.2, 0.25) is 35.4 Å². The van der Waals surface area contributed by atoms with E-state index in [0.717, 1.165) is 6.42 Å². The molecule has 7 amide bonds. The fourth-order valence-corrected chi connectivity index (χ4v) is 8.21. The molecule has 28 nitrogen and oxygen atoms in total. The molecule has 3 aliphatic heterocycles. The smallest absolute Gasteiger partial charge is 0.404 e. The molecule has 3 heterocycles. The van der Waals surface area contributed by atoms with E-state index in [1.165, 1.54) is 0 Å². The summed E-state index contributed by atoms with van der Waals surface area (Å²) in [5.74, 6) is -1.80. The molecule has 71 heavy (non-hydrogen) atoms. The van der Waals surface area contributed by atoms with Gasteiger partial charge < -0.3 is 107 Å². The van der Waals surface area contributed by atoms with Crippen molar-refractivity contribution in [2.45, 2.75) is 175 Å². The predicted octanol–water partition coefficient (Wildman–Crippen LogP) is -7.30. The van der Waals surface area contributed by atoms with E-state index in [-0.39, 0.29) is 86.9 Å². The molecule has 3 rings (SSSR count). The number of nitrogens with zero attached hydrogens (tertiary/aromatic N) is 1. The fourth-order valence-electron chi connectivity index (χ4n) is 8.21. The first-order valence-electron chi connectivity index (χ1n) is 24.6. The zero-order valence-corrected chi connectivity index (χ0v) is 40.6. The first-order valence-corrected chi connectivity index (χ1v) is 24.6. The summed E-state index contributed by atoms with van der Waals surface area (Å²) in [5, 5.41) is 54.3. The Morgan fingerprint density at radius 2 is 1.08 bits per heavy atom. The van der Waals surface area contributed by atoms with Crippen molar-refractivity contribution >= 4 is 47.5 Å². The lowest BCUT2D eigenvalue weighted by molar-refractivity contribution is -0.198. The van der Waals surface area contributed by atoms with Gasteiger partial charge in [0.05, 0.1) is 12.1 Å². The Bertz CT molecular complexity index is 1740. The average Bonchev–Trinajstić information content (AvgIpc) is 3.74. The number of primary amides is 1. The van der Waals surface area contributed by atoms with Crippen molar-refractivity contribution in [3.05, 3.63) is 0 Å². The Balaban J connectivity index is 1.24. The van der Waals surface area contributed by atoms with Crippen molar-refractivity contribution in [2.24, 2.45) is 45.1 Å². The second-order valence-corrected chi connectivity index (χ2v) is 18.6. The van der Waals surface area contributed by atoms with Crippen molar-refractivity contribution in [1.82, 2.24) is 42.5 Å². The van der Waals surface area contributed by atoms with Gasteiger partial charge in [-0.05, 0) is 70.8 Å². The number of hydrogen-bond acceptors (Lipinski definition) is 21. The van der Waals surface area contributed by atoms with E-state index >= 15 is 0 Å². The quantitative estimate of drug-likeness (QED) is 0.0272. The van der Waals surface area contributed by atoms with Crippen LogP contribution in [0.4, 0.5) is 4.79 Å². The molecule has 28 heteroatoms. The van der Waals surface area contributed by atoms with E-state index in [9.17, 15) is 48.9 Å². The van der Waals surface area contributed by atoms with E-state index in [1.807, 2.05) is 0 Å². The average molecular weight is 1020 g/mol. The molecule has 0 aromatic heterocycles. The van der Waals surface area contributed by atoms with Gasteiger partial charge in [-0.1, -0.05) is 0 Å². The molecule has 406 valence electrons. The standard InChI is InChI=1S/C43H82N16O12/c44-11-1-6-23(45)16-30(61)51-12-2-7-24(46)17-31(62)52-13-3-8-25(47)18-32(63)53-14-4-9-26(48)19-33(64)54-15-5-10-27(49)20-34(65)56-37-39(67)38(66)29(22-70-42(50)69)71-41(37)59-43-57-35-28(60)21-55-40(68)36(35)58-43/h23-29,35-39,41,60,66-67H,1-22,44-49H2,(H2,50,69)(H,51,61)(H,52,62)(H,53,63)(H,54,64)(H,55,68)(H,56,65)(H2,57,58,59)/t23-,24-,25-,26-,27-,28-,29+,35-,36-,37+,38-,39-,41+/m0/s1. The lowest BCUT2D eigenvalue weighted by atomic mass is 9.95. The Hall–Kier alpha value is -5.04. The maximum Gasteiger partial charge on any atom is 0.404 e. The topological polar surface area (TPSA) is 489 Å². The van der Waals surface area contributed by atoms with Crippen LogP contribution < -0.4 is 82.7 Å². The summed E-state index contributed by atoms with van der Waals surface area (Å²) in [6.07, 6.45) is -2.03. The number of aliphatic hydroxyl groups excluding tert-OH is 3. The number of nitrogens with two attached hydrogens (primary N) is 7. The third kappa shape index (κ3) is 23.4. The van der Waals surface area contributed by atoms with Gasteiger partial charge in [-0.25, -0.2) is 9.79 Å². The van der Waals surface area contributed by atoms with Crippen LogP contribution in [0.5, 0.6) is 0 Å². The Kier molecular flexibility index (Phi) is 27.3. The molecule has 0 aliphatic carbocycles. The highest BCUT2D eigenvalue weighted by Crippen LogP contribution is 2.22. The second kappa shape index (κ2) is 32.1. The van der Waals surface area contributed by atoms with Crippen molar-refractivity contribution in [1.29, 1.82) is 0 Å². The van der Waals surface area contributed by atoms with Gasteiger partial charge in [0, 0.05) is 95.0 Å². The molecule has 13 atom stereocenters. The van der Waals surface area contributed by atoms with E-state index < -0.39 is 91.4 Å². The Labute approximate surface area is 413 Å².